The number of fused-ring (bicyclic) bond motifs is 9. The number of para-hydroxylation sites is 1. The van der Waals surface area contributed by atoms with E-state index in [-0.39, 0.29) is 63.2 Å². The molecule has 2 aliphatic rings. The molecule has 2 aliphatic heterocycles. The number of sulfone groups is 1. The summed E-state index contributed by atoms with van der Waals surface area (Å²) in [6.45, 7) is 14.5. The summed E-state index contributed by atoms with van der Waals surface area (Å²) in [4.78, 5) is 0.750. The first-order valence-corrected chi connectivity index (χ1v) is 46.1. The van der Waals surface area contributed by atoms with Crippen LogP contribution in [0.3, 0.4) is 0 Å². The van der Waals surface area contributed by atoms with Gasteiger partial charge in [0.05, 0.1) is 15.5 Å². The minimum absolute atomic E-state index is 0. The van der Waals surface area contributed by atoms with Crippen LogP contribution in [0.1, 0.15) is 86.9 Å². The van der Waals surface area contributed by atoms with Crippen molar-refractivity contribution in [3.63, 3.8) is 0 Å². The Morgan fingerprint density at radius 1 is 0.382 bits per heavy atom. The average Bonchev–Trinajstić information content (AvgIpc) is 1.56. The molecule has 664 valence electrons. The molecule has 0 saturated carbocycles. The van der Waals surface area contributed by atoms with Crippen molar-refractivity contribution in [2.45, 2.75) is 103 Å². The molecule has 0 radical (unpaired) electrons. The monoisotopic (exact) mass is 2290 g/mol. The summed E-state index contributed by atoms with van der Waals surface area (Å²) in [5, 5.41) is 42.3. The van der Waals surface area contributed by atoms with Crippen LogP contribution in [-0.4, -0.2) is 57.6 Å². The van der Waals surface area contributed by atoms with Crippen LogP contribution in [0.5, 0.6) is 0 Å². The van der Waals surface area contributed by atoms with Crippen molar-refractivity contribution in [1.82, 2.24) is 64.5 Å². The fraction of sp³-hybridized carbons (Fsp3) is 0.127. The first kappa shape index (κ1) is 94.3. The molecule has 0 aliphatic carbocycles. The van der Waals surface area contributed by atoms with E-state index in [4.69, 9.17) is 0 Å². The van der Waals surface area contributed by atoms with Crippen molar-refractivity contribution >= 4 is 54.7 Å². The number of unbranched alkanes of at least 4 members (excludes halogenated alkanes) is 2. The third kappa shape index (κ3) is 21.0. The van der Waals surface area contributed by atoms with E-state index in [9.17, 15) is 13.0 Å². The second-order valence-electron chi connectivity index (χ2n) is 31.5. The molecule has 0 saturated heterocycles. The molecule has 0 N–H and O–H groups in total. The second-order valence-corrected chi connectivity index (χ2v) is 36.1. The number of aromatic nitrogens is 13. The Morgan fingerprint density at radius 2 is 0.824 bits per heavy atom. The van der Waals surface area contributed by atoms with E-state index in [0.717, 1.165) is 140 Å². The van der Waals surface area contributed by atoms with Gasteiger partial charge in [-0.05, 0) is 118 Å². The van der Waals surface area contributed by atoms with Gasteiger partial charge in [0.2, 0.25) is 9.84 Å². The van der Waals surface area contributed by atoms with Crippen LogP contribution in [0.4, 0.5) is 0 Å². The van der Waals surface area contributed by atoms with Crippen LogP contribution < -0.4 is 31.2 Å². The van der Waals surface area contributed by atoms with Crippen LogP contribution in [0.2, 0.25) is 0 Å². The van der Waals surface area contributed by atoms with Gasteiger partial charge in [-0.25, -0.2) is 25.5 Å². The van der Waals surface area contributed by atoms with Crippen molar-refractivity contribution in [2.75, 3.05) is 0 Å². The van der Waals surface area contributed by atoms with Crippen molar-refractivity contribution in [3.8, 4) is 106 Å². The number of aryl methyl sites for hydroxylation is 5. The average molecular weight is 2290 g/mol. The molecular formula is C110H91N13O3PPt3S-9. The standard InChI is InChI=1S/C32H36N3.C27H18N2OP.C21H13N2O2S.3C10H8N2.3Pt/c1-5-7-11-27(12-8-6-2)34-31-14-10-9-13-29(31)30-20-17-26(22-32(30)34)25-15-18-28(19-16-25)35-24(4)21-23(3)33-35;30-31(23-7-2-1-3-8-23)26-10-5-4-9-24(26)25-16-13-21(19-27(25)31)20-11-14-22(15-12-20)29-18-6-17-28-29;24-26(25)20-5-2-1-4-18(20)19-11-8-16(14-21(19)26)15-6-9-17(10-7-15)23-13-3-12-22-23;3*1-8-7-10(12-11-8)9-5-3-2-4-6-9;;;/h9-10,13-18,20-22,27H,5-8,11-12H2,1-4H3;1-14,16-19H;1-9,11-14H;3*2-5,7H,1H3;;;/q3*-1;3*-2;;;. The summed E-state index contributed by atoms with van der Waals surface area (Å²) >= 11 is 0. The van der Waals surface area contributed by atoms with E-state index in [2.05, 4.69) is 205 Å². The summed E-state index contributed by atoms with van der Waals surface area (Å²) in [6.07, 6.45) is 14.7. The normalized spacial score (nSPS) is 12.6. The van der Waals surface area contributed by atoms with Crippen molar-refractivity contribution < 1.29 is 76.2 Å². The molecule has 0 fully saturated rings. The minimum atomic E-state index is -3.46. The summed E-state index contributed by atoms with van der Waals surface area (Å²) in [5.41, 5.74) is 26.0. The van der Waals surface area contributed by atoms with E-state index in [0.29, 0.717) is 15.8 Å². The number of rotatable bonds is 17. The van der Waals surface area contributed by atoms with Crippen molar-refractivity contribution in [1.29, 1.82) is 0 Å². The molecule has 9 heterocycles. The van der Waals surface area contributed by atoms with Gasteiger partial charge in [-0.1, -0.05) is 208 Å². The first-order valence-electron chi connectivity index (χ1n) is 42.9. The van der Waals surface area contributed by atoms with Crippen LogP contribution >= 0.6 is 7.14 Å². The molecule has 22 rings (SSSR count). The Kier molecular flexibility index (Phi) is 31.1. The molecule has 0 spiro atoms. The van der Waals surface area contributed by atoms with Gasteiger partial charge in [-0.15, -0.1) is 126 Å². The van der Waals surface area contributed by atoms with Gasteiger partial charge in [0.15, 0.2) is 7.14 Å². The quantitative estimate of drug-likeness (QED) is 0.0620. The topological polar surface area (TPSA) is 191 Å². The summed E-state index contributed by atoms with van der Waals surface area (Å²) in [6, 6.07) is 126. The third-order valence-electron chi connectivity index (χ3n) is 22.7. The van der Waals surface area contributed by atoms with Gasteiger partial charge in [0, 0.05) is 166 Å². The number of hydrogen-bond donors (Lipinski definition) is 0. The maximum Gasteiger partial charge on any atom is 0.207 e. The Balaban J connectivity index is 0.000000132. The summed E-state index contributed by atoms with van der Waals surface area (Å²) < 4.78 is 48.5. The number of hydrogen-bond acceptors (Lipinski definition) is 9. The van der Waals surface area contributed by atoms with Crippen LogP contribution in [0, 0.1) is 71.0 Å². The zero-order chi connectivity index (χ0) is 88.1. The van der Waals surface area contributed by atoms with Gasteiger partial charge in [0.1, 0.15) is 0 Å². The van der Waals surface area contributed by atoms with Gasteiger partial charge in [-0.2, -0.15) is 86.6 Å². The molecule has 16 nitrogen and oxygen atoms in total. The fourth-order valence-electron chi connectivity index (χ4n) is 16.4. The predicted octanol–water partition coefficient (Wildman–Crippen LogP) is 23.5. The smallest absolute Gasteiger partial charge is 0.207 e. The zero-order valence-electron chi connectivity index (χ0n) is 73.1. The molecule has 7 aromatic heterocycles. The van der Waals surface area contributed by atoms with E-state index in [1.165, 1.54) is 71.5 Å². The Morgan fingerprint density at radius 3 is 1.31 bits per heavy atom. The molecule has 21 heteroatoms. The van der Waals surface area contributed by atoms with Crippen LogP contribution in [0.25, 0.3) is 128 Å². The molecule has 20 aromatic rings. The predicted molar refractivity (Wildman–Crippen MR) is 513 cm³/mol. The molecule has 0 bridgehead atoms. The second kappa shape index (κ2) is 43.3. The molecular weight excluding hydrogens is 2200 g/mol. The molecule has 131 heavy (non-hydrogen) atoms. The van der Waals surface area contributed by atoms with Crippen LogP contribution in [0.15, 0.2) is 356 Å². The summed E-state index contributed by atoms with van der Waals surface area (Å²) in [5.74, 6) is 0. The maximum atomic E-state index is 14.6. The van der Waals surface area contributed by atoms with E-state index < -0.39 is 17.0 Å². The van der Waals surface area contributed by atoms with Gasteiger partial charge < -0.3 is 39.7 Å². The molecule has 0 amide bonds. The van der Waals surface area contributed by atoms with Crippen molar-refractivity contribution in [2.24, 2.45) is 0 Å². The third-order valence-corrected chi connectivity index (χ3v) is 27.6. The van der Waals surface area contributed by atoms with E-state index in [1.54, 1.807) is 40.0 Å². The molecule has 13 aromatic carbocycles. The minimum Gasteiger partial charge on any atom is -0.619 e. The SMILES string of the molecule is CCCCC(CCCC)n1c2ccccc2c2ccc(-c3c[c-]c(-n4nc(C)cc4C)cc3)cc21.Cc1cc(-c2[c-]cccc2)[n-]n1.Cc1cc(-c2[c-]cccc2)[n-]n1.Cc1cc(-c2[c-]cccc2)[n-]n1.O=P1(c2ccccc2)c2ccccc2-c2ccc(-c3c[c-]c(-n4cccn4)cc3)cc21.O=S1(=O)c2ccccc2-c2ccc(-c3c[c-]c(-n4cccn4)cc3)cc21.[Pt].[Pt].[Pt]. The van der Waals surface area contributed by atoms with Gasteiger partial charge in [0.25, 0.3) is 0 Å². The fourth-order valence-corrected chi connectivity index (χ4v) is 21.2. The Labute approximate surface area is 808 Å². The van der Waals surface area contributed by atoms with Gasteiger partial charge >= 0.3 is 0 Å². The number of benzene rings is 13. The first-order chi connectivity index (χ1) is 62.6. The Bertz CT molecular complexity index is 7140. The van der Waals surface area contributed by atoms with Crippen molar-refractivity contribution in [3.05, 3.63) is 411 Å². The van der Waals surface area contributed by atoms with E-state index in [1.807, 2.05) is 251 Å². The Hall–Kier alpha value is -12.8. The zero-order valence-corrected chi connectivity index (χ0v) is 81.6. The summed E-state index contributed by atoms with van der Waals surface area (Å²) in [7, 11) is -6.39. The van der Waals surface area contributed by atoms with E-state index >= 15 is 0 Å². The maximum absolute atomic E-state index is 14.6. The number of nitrogens with zero attached hydrogens (tertiary/aromatic N) is 13. The van der Waals surface area contributed by atoms with Crippen LogP contribution in [-0.2, 0) is 77.6 Å². The molecule has 1 atom stereocenters. The van der Waals surface area contributed by atoms with Gasteiger partial charge in [-0.3, -0.25) is 14.0 Å². The largest absolute Gasteiger partial charge is 0.619 e. The molecule has 1 unspecified atom stereocenters.